The second kappa shape index (κ2) is 4.33. The zero-order valence-corrected chi connectivity index (χ0v) is 9.29. The van der Waals surface area contributed by atoms with E-state index in [1.54, 1.807) is 0 Å². The lowest BCUT2D eigenvalue weighted by Gasteiger charge is -2.15. The van der Waals surface area contributed by atoms with Gasteiger partial charge >= 0.3 is 0 Å². The van der Waals surface area contributed by atoms with Gasteiger partial charge in [0.25, 0.3) is 0 Å². The first-order valence-electron chi connectivity index (χ1n) is 5.51. The standard InChI is InChI=1S/C11H18N2O2/c1-7-9(8(2)15-13-7)6-12-10-4-3-5-11(10)14/h10-12,14H,3-6H2,1-2H3. The number of rotatable bonds is 3. The fraction of sp³-hybridized carbons (Fsp3) is 0.727. The summed E-state index contributed by atoms with van der Waals surface area (Å²) in [6.07, 6.45) is 2.90. The van der Waals surface area contributed by atoms with Crippen molar-refractivity contribution in [3.05, 3.63) is 17.0 Å². The van der Waals surface area contributed by atoms with Crippen molar-refractivity contribution in [2.45, 2.75) is 51.8 Å². The summed E-state index contributed by atoms with van der Waals surface area (Å²) < 4.78 is 5.08. The summed E-state index contributed by atoms with van der Waals surface area (Å²) in [7, 11) is 0. The van der Waals surface area contributed by atoms with Crippen LogP contribution >= 0.6 is 0 Å². The van der Waals surface area contributed by atoms with Crippen molar-refractivity contribution in [3.63, 3.8) is 0 Å². The Bertz CT molecular complexity index is 316. The first-order chi connectivity index (χ1) is 7.18. The number of nitrogens with zero attached hydrogens (tertiary/aromatic N) is 1. The summed E-state index contributed by atoms with van der Waals surface area (Å²) in [5.74, 6) is 0.868. The summed E-state index contributed by atoms with van der Waals surface area (Å²) in [6, 6.07) is 0.235. The maximum absolute atomic E-state index is 9.65. The van der Waals surface area contributed by atoms with Crippen LogP contribution in [0.25, 0.3) is 0 Å². The van der Waals surface area contributed by atoms with Crippen molar-refractivity contribution >= 4 is 0 Å². The molecule has 0 bridgehead atoms. The van der Waals surface area contributed by atoms with Gasteiger partial charge in [0.1, 0.15) is 5.76 Å². The third-order valence-corrected chi connectivity index (χ3v) is 3.20. The lowest BCUT2D eigenvalue weighted by Crippen LogP contribution is -2.35. The summed E-state index contributed by atoms with van der Waals surface area (Å²) in [5.41, 5.74) is 2.06. The molecule has 4 heteroatoms. The molecule has 1 aliphatic carbocycles. The number of aliphatic hydroxyl groups excluding tert-OH is 1. The Morgan fingerprint density at radius 3 is 2.80 bits per heavy atom. The summed E-state index contributed by atoms with van der Waals surface area (Å²) >= 11 is 0. The smallest absolute Gasteiger partial charge is 0.138 e. The minimum Gasteiger partial charge on any atom is -0.392 e. The van der Waals surface area contributed by atoms with Crippen LogP contribution in [0.4, 0.5) is 0 Å². The molecule has 4 nitrogen and oxygen atoms in total. The minimum atomic E-state index is -0.189. The molecule has 0 spiro atoms. The van der Waals surface area contributed by atoms with Gasteiger partial charge in [0.05, 0.1) is 11.8 Å². The van der Waals surface area contributed by atoms with Crippen LogP contribution in [0, 0.1) is 13.8 Å². The molecule has 1 aromatic heterocycles. The van der Waals surface area contributed by atoms with Gasteiger partial charge in [0, 0.05) is 18.2 Å². The van der Waals surface area contributed by atoms with Gasteiger partial charge in [-0.2, -0.15) is 0 Å². The van der Waals surface area contributed by atoms with Gasteiger partial charge in [0.2, 0.25) is 0 Å². The Hall–Kier alpha value is -0.870. The molecule has 2 atom stereocenters. The van der Waals surface area contributed by atoms with Crippen molar-refractivity contribution in [1.82, 2.24) is 10.5 Å². The lowest BCUT2D eigenvalue weighted by molar-refractivity contribution is 0.148. The average Bonchev–Trinajstić information content (AvgIpc) is 2.73. The van der Waals surface area contributed by atoms with Gasteiger partial charge in [-0.15, -0.1) is 0 Å². The van der Waals surface area contributed by atoms with Crippen LogP contribution in [0.2, 0.25) is 0 Å². The third kappa shape index (κ3) is 2.21. The van der Waals surface area contributed by atoms with Gasteiger partial charge in [-0.1, -0.05) is 5.16 Å². The topological polar surface area (TPSA) is 58.3 Å². The first kappa shape index (κ1) is 10.6. The van der Waals surface area contributed by atoms with Crippen LogP contribution < -0.4 is 5.32 Å². The van der Waals surface area contributed by atoms with Crippen molar-refractivity contribution in [2.24, 2.45) is 0 Å². The van der Waals surface area contributed by atoms with Gasteiger partial charge in [0.15, 0.2) is 0 Å². The van der Waals surface area contributed by atoms with E-state index in [-0.39, 0.29) is 12.1 Å². The Labute approximate surface area is 89.7 Å². The SMILES string of the molecule is Cc1noc(C)c1CNC1CCCC1O. The predicted octanol–water partition coefficient (Wildman–Crippen LogP) is 1.29. The van der Waals surface area contributed by atoms with Crippen molar-refractivity contribution in [3.8, 4) is 0 Å². The highest BCUT2D eigenvalue weighted by Crippen LogP contribution is 2.20. The molecule has 84 valence electrons. The molecular formula is C11H18N2O2. The summed E-state index contributed by atoms with van der Waals surface area (Å²) in [5, 5.41) is 16.9. The van der Waals surface area contributed by atoms with Crippen LogP contribution in [-0.4, -0.2) is 22.4 Å². The van der Waals surface area contributed by atoms with Gasteiger partial charge in [-0.3, -0.25) is 0 Å². The highest BCUT2D eigenvalue weighted by atomic mass is 16.5. The van der Waals surface area contributed by atoms with E-state index in [0.717, 1.165) is 42.8 Å². The van der Waals surface area contributed by atoms with E-state index < -0.39 is 0 Å². The average molecular weight is 210 g/mol. The second-order valence-electron chi connectivity index (χ2n) is 4.29. The Morgan fingerprint density at radius 2 is 2.27 bits per heavy atom. The van der Waals surface area contributed by atoms with Crippen molar-refractivity contribution in [1.29, 1.82) is 0 Å². The molecule has 0 amide bonds. The van der Waals surface area contributed by atoms with E-state index in [4.69, 9.17) is 4.52 Å². The van der Waals surface area contributed by atoms with E-state index >= 15 is 0 Å². The maximum Gasteiger partial charge on any atom is 0.138 e. The first-order valence-corrected chi connectivity index (χ1v) is 5.51. The van der Waals surface area contributed by atoms with E-state index in [1.807, 2.05) is 13.8 Å². The number of aliphatic hydroxyl groups is 1. The van der Waals surface area contributed by atoms with Crippen LogP contribution in [-0.2, 0) is 6.54 Å². The molecule has 0 radical (unpaired) electrons. The molecule has 15 heavy (non-hydrogen) atoms. The van der Waals surface area contributed by atoms with E-state index in [1.165, 1.54) is 0 Å². The Morgan fingerprint density at radius 1 is 1.47 bits per heavy atom. The Balaban J connectivity index is 1.93. The van der Waals surface area contributed by atoms with Crippen LogP contribution in [0.5, 0.6) is 0 Å². The Kier molecular flexibility index (Phi) is 3.07. The van der Waals surface area contributed by atoms with E-state index in [0.29, 0.717) is 0 Å². The van der Waals surface area contributed by atoms with Crippen LogP contribution in [0.3, 0.4) is 0 Å². The molecule has 2 unspecified atom stereocenters. The molecule has 1 aromatic rings. The molecule has 1 saturated carbocycles. The molecular weight excluding hydrogens is 192 g/mol. The number of hydrogen-bond acceptors (Lipinski definition) is 4. The molecule has 1 heterocycles. The lowest BCUT2D eigenvalue weighted by atomic mass is 10.1. The van der Waals surface area contributed by atoms with Gasteiger partial charge < -0.3 is 14.9 Å². The molecule has 0 aromatic carbocycles. The third-order valence-electron chi connectivity index (χ3n) is 3.20. The van der Waals surface area contributed by atoms with E-state index in [2.05, 4.69) is 10.5 Å². The molecule has 2 N–H and O–H groups in total. The van der Waals surface area contributed by atoms with Crippen LogP contribution in [0.1, 0.15) is 36.3 Å². The zero-order chi connectivity index (χ0) is 10.8. The predicted molar refractivity (Wildman–Crippen MR) is 56.5 cm³/mol. The summed E-state index contributed by atoms with van der Waals surface area (Å²) in [4.78, 5) is 0. The maximum atomic E-state index is 9.65. The number of aromatic nitrogens is 1. The van der Waals surface area contributed by atoms with Crippen molar-refractivity contribution < 1.29 is 9.63 Å². The van der Waals surface area contributed by atoms with Gasteiger partial charge in [-0.05, 0) is 33.1 Å². The van der Waals surface area contributed by atoms with E-state index in [9.17, 15) is 5.11 Å². The second-order valence-corrected chi connectivity index (χ2v) is 4.29. The molecule has 2 rings (SSSR count). The fourth-order valence-corrected chi connectivity index (χ4v) is 2.17. The molecule has 0 aliphatic heterocycles. The molecule has 0 saturated heterocycles. The highest BCUT2D eigenvalue weighted by Gasteiger charge is 2.25. The monoisotopic (exact) mass is 210 g/mol. The molecule has 1 fully saturated rings. The highest BCUT2D eigenvalue weighted by molar-refractivity contribution is 5.20. The number of nitrogens with one attached hydrogen (secondary N) is 1. The largest absolute Gasteiger partial charge is 0.392 e. The normalized spacial score (nSPS) is 26.1. The minimum absolute atomic E-state index is 0.189. The quantitative estimate of drug-likeness (QED) is 0.789. The van der Waals surface area contributed by atoms with Gasteiger partial charge in [-0.25, -0.2) is 0 Å². The van der Waals surface area contributed by atoms with Crippen LogP contribution in [0.15, 0.2) is 4.52 Å². The number of aryl methyl sites for hydroxylation is 2. The van der Waals surface area contributed by atoms with Crippen molar-refractivity contribution in [2.75, 3.05) is 0 Å². The fourth-order valence-electron chi connectivity index (χ4n) is 2.17. The molecule has 1 aliphatic rings. The zero-order valence-electron chi connectivity index (χ0n) is 9.29. The summed E-state index contributed by atoms with van der Waals surface area (Å²) in [6.45, 7) is 4.60. The number of hydrogen-bond donors (Lipinski definition) is 2.